The minimum Gasteiger partial charge on any atom is -0.298 e. The van der Waals surface area contributed by atoms with Gasteiger partial charge in [0.15, 0.2) is 6.29 Å². The van der Waals surface area contributed by atoms with Gasteiger partial charge in [0.25, 0.3) is 0 Å². The van der Waals surface area contributed by atoms with E-state index in [1.54, 1.807) is 16.9 Å². The fourth-order valence-corrected chi connectivity index (χ4v) is 2.90. The molecule has 0 fully saturated rings. The molecule has 1 aromatic carbocycles. The van der Waals surface area contributed by atoms with Gasteiger partial charge in [-0.25, -0.2) is 14.6 Å². The third-order valence-electron chi connectivity index (χ3n) is 2.94. The molecule has 3 aromatic rings. The van der Waals surface area contributed by atoms with Crippen LogP contribution in [0, 0.1) is 6.92 Å². The third kappa shape index (κ3) is 2.71. The first-order chi connectivity index (χ1) is 10.3. The van der Waals surface area contributed by atoms with Crippen LogP contribution in [0.25, 0.3) is 5.69 Å². The Labute approximate surface area is 126 Å². The zero-order valence-corrected chi connectivity index (χ0v) is 12.1. The van der Waals surface area contributed by atoms with Gasteiger partial charge in [-0.1, -0.05) is 18.2 Å². The zero-order chi connectivity index (χ0) is 14.7. The monoisotopic (exact) mass is 296 g/mol. The predicted octanol–water partition coefficient (Wildman–Crippen LogP) is 2.93. The summed E-state index contributed by atoms with van der Waals surface area (Å²) < 4.78 is 1.77. The molecule has 0 aliphatic rings. The average Bonchev–Trinajstić information content (AvgIpc) is 2.85. The number of benzene rings is 1. The van der Waals surface area contributed by atoms with Gasteiger partial charge in [-0.05, 0) is 36.9 Å². The van der Waals surface area contributed by atoms with Crippen molar-refractivity contribution in [3.05, 3.63) is 60.2 Å². The number of hydrogen-bond donors (Lipinski definition) is 0. The van der Waals surface area contributed by atoms with Crippen molar-refractivity contribution in [3.63, 3.8) is 0 Å². The lowest BCUT2D eigenvalue weighted by atomic mass is 10.3. The first-order valence-corrected chi connectivity index (χ1v) is 7.15. The summed E-state index contributed by atoms with van der Waals surface area (Å²) in [6.45, 7) is 1.83. The quantitative estimate of drug-likeness (QED) is 0.547. The van der Waals surface area contributed by atoms with Crippen LogP contribution in [-0.4, -0.2) is 26.0 Å². The van der Waals surface area contributed by atoms with Crippen LogP contribution in [0.2, 0.25) is 0 Å². The van der Waals surface area contributed by atoms with Gasteiger partial charge in [0.05, 0.1) is 16.9 Å². The summed E-state index contributed by atoms with van der Waals surface area (Å²) in [7, 11) is 0. The van der Waals surface area contributed by atoms with E-state index in [0.29, 0.717) is 11.3 Å². The summed E-state index contributed by atoms with van der Waals surface area (Å²) in [5.41, 5.74) is 2.19. The SMILES string of the molecule is Cc1nn(-c2ccccc2)c(Sc2ccncn2)c1C=O. The third-order valence-corrected chi connectivity index (χ3v) is 3.97. The molecule has 0 amide bonds. The van der Waals surface area contributed by atoms with E-state index in [1.807, 2.05) is 37.3 Å². The Balaban J connectivity index is 2.11. The van der Waals surface area contributed by atoms with Crippen LogP contribution in [0.15, 0.2) is 59.0 Å². The summed E-state index contributed by atoms with van der Waals surface area (Å²) in [6.07, 6.45) is 4.00. The second-order valence-electron chi connectivity index (χ2n) is 4.32. The number of rotatable bonds is 4. The molecule has 104 valence electrons. The van der Waals surface area contributed by atoms with Gasteiger partial charge in [-0.3, -0.25) is 4.79 Å². The van der Waals surface area contributed by atoms with Crippen LogP contribution in [0.1, 0.15) is 16.1 Å². The van der Waals surface area contributed by atoms with Crippen LogP contribution < -0.4 is 0 Å². The zero-order valence-electron chi connectivity index (χ0n) is 11.3. The molecule has 0 N–H and O–H groups in total. The van der Waals surface area contributed by atoms with Gasteiger partial charge in [0.1, 0.15) is 16.4 Å². The Morgan fingerprint density at radius 1 is 1.19 bits per heavy atom. The Bertz CT molecular complexity index is 756. The number of nitrogens with zero attached hydrogens (tertiary/aromatic N) is 4. The molecule has 5 nitrogen and oxygen atoms in total. The van der Waals surface area contributed by atoms with E-state index in [1.165, 1.54) is 18.1 Å². The van der Waals surface area contributed by atoms with Crippen molar-refractivity contribution in [2.24, 2.45) is 0 Å². The van der Waals surface area contributed by atoms with Gasteiger partial charge in [0.2, 0.25) is 0 Å². The van der Waals surface area contributed by atoms with E-state index < -0.39 is 0 Å². The Kier molecular flexibility index (Phi) is 3.79. The van der Waals surface area contributed by atoms with Gasteiger partial charge in [0, 0.05) is 6.20 Å². The molecule has 2 heterocycles. The van der Waals surface area contributed by atoms with Gasteiger partial charge >= 0.3 is 0 Å². The summed E-state index contributed by atoms with van der Waals surface area (Å²) in [5, 5.41) is 5.99. The second kappa shape index (κ2) is 5.88. The summed E-state index contributed by atoms with van der Waals surface area (Å²) in [4.78, 5) is 19.5. The standard InChI is InChI=1S/C15H12N4OS/c1-11-13(9-20)15(21-14-7-8-16-10-17-14)19(18-11)12-5-3-2-4-6-12/h2-10H,1H3. The minimum absolute atomic E-state index is 0.586. The number of para-hydroxylation sites is 1. The highest BCUT2D eigenvalue weighted by Crippen LogP contribution is 2.31. The lowest BCUT2D eigenvalue weighted by Gasteiger charge is -2.07. The van der Waals surface area contributed by atoms with E-state index in [2.05, 4.69) is 15.1 Å². The smallest absolute Gasteiger partial charge is 0.154 e. The molecular weight excluding hydrogens is 284 g/mol. The van der Waals surface area contributed by atoms with Crippen LogP contribution >= 0.6 is 11.8 Å². The highest BCUT2D eigenvalue weighted by molar-refractivity contribution is 7.99. The van der Waals surface area contributed by atoms with Crippen molar-refractivity contribution in [1.29, 1.82) is 0 Å². The van der Waals surface area contributed by atoms with Crippen molar-refractivity contribution < 1.29 is 4.79 Å². The number of aryl methyl sites for hydroxylation is 1. The van der Waals surface area contributed by atoms with Gasteiger partial charge in [-0.2, -0.15) is 5.10 Å². The lowest BCUT2D eigenvalue weighted by molar-refractivity contribution is 0.112. The molecule has 0 atom stereocenters. The van der Waals surface area contributed by atoms with E-state index in [-0.39, 0.29) is 0 Å². The van der Waals surface area contributed by atoms with Crippen molar-refractivity contribution in [2.45, 2.75) is 17.0 Å². The number of aldehydes is 1. The maximum atomic E-state index is 11.4. The highest BCUT2D eigenvalue weighted by atomic mass is 32.2. The Morgan fingerprint density at radius 3 is 2.67 bits per heavy atom. The fraction of sp³-hybridized carbons (Fsp3) is 0.0667. The fourth-order valence-electron chi connectivity index (χ4n) is 1.93. The van der Waals surface area contributed by atoms with E-state index in [9.17, 15) is 4.79 Å². The number of aromatic nitrogens is 4. The second-order valence-corrected chi connectivity index (χ2v) is 5.33. The lowest BCUT2D eigenvalue weighted by Crippen LogP contribution is -1.99. The Hall–Kier alpha value is -2.47. The van der Waals surface area contributed by atoms with E-state index >= 15 is 0 Å². The summed E-state index contributed by atoms with van der Waals surface area (Å²) in [5.74, 6) is 0. The molecule has 21 heavy (non-hydrogen) atoms. The van der Waals surface area contributed by atoms with Crippen LogP contribution in [0.3, 0.4) is 0 Å². The first-order valence-electron chi connectivity index (χ1n) is 6.33. The molecule has 0 spiro atoms. The molecule has 0 bridgehead atoms. The molecule has 3 rings (SSSR count). The molecule has 0 unspecified atom stereocenters. The van der Waals surface area contributed by atoms with Gasteiger partial charge in [-0.15, -0.1) is 0 Å². The molecule has 2 aromatic heterocycles. The van der Waals surface area contributed by atoms with Crippen LogP contribution in [0.4, 0.5) is 0 Å². The van der Waals surface area contributed by atoms with Crippen molar-refractivity contribution in [1.82, 2.24) is 19.7 Å². The first kappa shape index (κ1) is 13.5. The van der Waals surface area contributed by atoms with Crippen molar-refractivity contribution in [3.8, 4) is 5.69 Å². The molecule has 0 saturated carbocycles. The van der Waals surface area contributed by atoms with Crippen LogP contribution in [0.5, 0.6) is 0 Å². The normalized spacial score (nSPS) is 10.5. The van der Waals surface area contributed by atoms with E-state index in [0.717, 1.165) is 22.0 Å². The Morgan fingerprint density at radius 2 is 2.00 bits per heavy atom. The summed E-state index contributed by atoms with van der Waals surface area (Å²) in [6, 6.07) is 11.5. The predicted molar refractivity (Wildman–Crippen MR) is 79.8 cm³/mol. The van der Waals surface area contributed by atoms with Gasteiger partial charge < -0.3 is 0 Å². The number of carbonyl (C=O) groups excluding carboxylic acids is 1. The maximum absolute atomic E-state index is 11.4. The highest BCUT2D eigenvalue weighted by Gasteiger charge is 2.17. The summed E-state index contributed by atoms with van der Waals surface area (Å²) >= 11 is 1.40. The topological polar surface area (TPSA) is 60.7 Å². The number of carbonyl (C=O) groups is 1. The minimum atomic E-state index is 0.586. The average molecular weight is 296 g/mol. The molecule has 0 radical (unpaired) electrons. The van der Waals surface area contributed by atoms with E-state index in [4.69, 9.17) is 0 Å². The molecule has 0 aliphatic heterocycles. The van der Waals surface area contributed by atoms with Crippen molar-refractivity contribution >= 4 is 18.0 Å². The van der Waals surface area contributed by atoms with Crippen molar-refractivity contribution in [2.75, 3.05) is 0 Å². The molecule has 0 saturated heterocycles. The number of hydrogen-bond acceptors (Lipinski definition) is 5. The largest absolute Gasteiger partial charge is 0.298 e. The molecule has 0 aliphatic carbocycles. The maximum Gasteiger partial charge on any atom is 0.154 e. The molecular formula is C15H12N4OS. The van der Waals surface area contributed by atoms with Crippen LogP contribution in [-0.2, 0) is 0 Å². The molecule has 6 heteroatoms.